The summed E-state index contributed by atoms with van der Waals surface area (Å²) in [5, 5.41) is 2.60. The molecule has 0 fully saturated rings. The zero-order valence-electron chi connectivity index (χ0n) is 12.7. The number of halogens is 1. The number of hydrogen-bond donors (Lipinski definition) is 1. The highest BCUT2D eigenvalue weighted by Crippen LogP contribution is 2.14. The minimum Gasteiger partial charge on any atom is -0.453 e. The van der Waals surface area contributed by atoms with Crippen LogP contribution >= 0.6 is 0 Å². The van der Waals surface area contributed by atoms with Crippen molar-refractivity contribution in [2.45, 2.75) is 39.2 Å². The van der Waals surface area contributed by atoms with Gasteiger partial charge >= 0.3 is 6.09 Å². The maximum atomic E-state index is 13.7. The molecule has 1 amide bonds. The molecule has 0 radical (unpaired) electrons. The van der Waals surface area contributed by atoms with Gasteiger partial charge in [0.05, 0.1) is 7.11 Å². The van der Waals surface area contributed by atoms with E-state index in [1.54, 1.807) is 18.2 Å². The van der Waals surface area contributed by atoms with Gasteiger partial charge in [0.2, 0.25) is 0 Å². The summed E-state index contributed by atoms with van der Waals surface area (Å²) in [6.07, 6.45) is 0.541. The number of hydrogen-bond acceptors (Lipinski definition) is 3. The van der Waals surface area contributed by atoms with E-state index >= 15 is 0 Å². The highest BCUT2D eigenvalue weighted by atomic mass is 19.1. The van der Waals surface area contributed by atoms with Gasteiger partial charge in [-0.2, -0.15) is 0 Å². The molecule has 0 bridgehead atoms. The van der Waals surface area contributed by atoms with Crippen LogP contribution < -0.4 is 5.32 Å². The minimum atomic E-state index is -0.617. The van der Waals surface area contributed by atoms with Gasteiger partial charge in [0.15, 0.2) is 0 Å². The Morgan fingerprint density at radius 1 is 1.33 bits per heavy atom. The average Bonchev–Trinajstić information content (AvgIpc) is 2.48. The first-order valence-electron chi connectivity index (χ1n) is 7.08. The number of ether oxygens (including phenoxy) is 1. The van der Waals surface area contributed by atoms with E-state index in [9.17, 15) is 14.0 Å². The fourth-order valence-corrected chi connectivity index (χ4v) is 2.00. The Morgan fingerprint density at radius 2 is 2.00 bits per heavy atom. The molecule has 116 valence electrons. The molecule has 0 heterocycles. The van der Waals surface area contributed by atoms with Crippen molar-refractivity contribution in [3.8, 4) is 0 Å². The Hall–Kier alpha value is -1.91. The fraction of sp³-hybridized carbons (Fsp3) is 0.500. The van der Waals surface area contributed by atoms with Crippen molar-refractivity contribution in [1.82, 2.24) is 5.32 Å². The van der Waals surface area contributed by atoms with Crippen LogP contribution in [0.2, 0.25) is 0 Å². The van der Waals surface area contributed by atoms with Crippen LogP contribution in [0.4, 0.5) is 9.18 Å². The summed E-state index contributed by atoms with van der Waals surface area (Å²) in [5.74, 6) is -0.368. The summed E-state index contributed by atoms with van der Waals surface area (Å²) >= 11 is 0. The molecule has 2 atom stereocenters. The van der Waals surface area contributed by atoms with Gasteiger partial charge in [0.25, 0.3) is 0 Å². The molecule has 1 aromatic rings. The lowest BCUT2D eigenvalue weighted by Crippen LogP contribution is -2.39. The van der Waals surface area contributed by atoms with Crippen LogP contribution in [0.5, 0.6) is 0 Å². The van der Waals surface area contributed by atoms with Gasteiger partial charge in [-0.05, 0) is 24.5 Å². The predicted molar refractivity (Wildman–Crippen MR) is 78.5 cm³/mol. The summed E-state index contributed by atoms with van der Waals surface area (Å²) in [6.45, 7) is 3.78. The number of carbonyl (C=O) groups excluding carboxylic acids is 2. The topological polar surface area (TPSA) is 55.4 Å². The Balaban J connectivity index is 2.79. The molecule has 0 aliphatic heterocycles. The number of ketones is 1. The van der Waals surface area contributed by atoms with Crippen molar-refractivity contribution < 1.29 is 18.7 Å². The van der Waals surface area contributed by atoms with Crippen LogP contribution in [0.3, 0.4) is 0 Å². The van der Waals surface area contributed by atoms with E-state index in [-0.39, 0.29) is 30.4 Å². The van der Waals surface area contributed by atoms with Gasteiger partial charge in [-0.1, -0.05) is 32.0 Å². The predicted octanol–water partition coefficient (Wildman–Crippen LogP) is 3.10. The number of amides is 1. The molecule has 0 aliphatic carbocycles. The van der Waals surface area contributed by atoms with Crippen molar-refractivity contribution in [3.05, 3.63) is 35.6 Å². The summed E-state index contributed by atoms with van der Waals surface area (Å²) in [6, 6.07) is 5.86. The van der Waals surface area contributed by atoms with Crippen LogP contribution in [0.1, 0.15) is 32.3 Å². The number of nitrogens with one attached hydrogen (secondary N) is 1. The van der Waals surface area contributed by atoms with Crippen molar-refractivity contribution in [1.29, 1.82) is 0 Å². The fourth-order valence-electron chi connectivity index (χ4n) is 2.00. The van der Waals surface area contributed by atoms with Crippen LogP contribution in [-0.4, -0.2) is 25.0 Å². The Kier molecular flexibility index (Phi) is 6.85. The molecule has 1 unspecified atom stereocenters. The van der Waals surface area contributed by atoms with Gasteiger partial charge in [0, 0.05) is 18.4 Å². The first kappa shape index (κ1) is 17.1. The first-order chi connectivity index (χ1) is 9.97. The van der Waals surface area contributed by atoms with Gasteiger partial charge in [-0.15, -0.1) is 0 Å². The van der Waals surface area contributed by atoms with Gasteiger partial charge in [-0.3, -0.25) is 4.79 Å². The second-order valence-electron chi connectivity index (χ2n) is 5.11. The first-order valence-corrected chi connectivity index (χ1v) is 7.08. The largest absolute Gasteiger partial charge is 0.453 e. The molecule has 0 saturated heterocycles. The quantitative estimate of drug-likeness (QED) is 0.841. The van der Waals surface area contributed by atoms with Gasteiger partial charge in [0.1, 0.15) is 11.6 Å². The second kappa shape index (κ2) is 8.39. The Bertz CT molecular complexity index is 490. The number of methoxy groups -OCH3 is 1. The van der Waals surface area contributed by atoms with Crippen molar-refractivity contribution in [3.63, 3.8) is 0 Å². The molecule has 1 rings (SSSR count). The maximum Gasteiger partial charge on any atom is 0.407 e. The van der Waals surface area contributed by atoms with Gasteiger partial charge < -0.3 is 10.1 Å². The average molecular weight is 295 g/mol. The number of alkyl carbamates (subject to hydrolysis) is 1. The van der Waals surface area contributed by atoms with E-state index in [1.807, 2.05) is 13.8 Å². The van der Waals surface area contributed by atoms with E-state index in [0.29, 0.717) is 5.56 Å². The summed E-state index contributed by atoms with van der Waals surface area (Å²) in [7, 11) is 1.26. The molecular weight excluding hydrogens is 273 g/mol. The summed E-state index contributed by atoms with van der Waals surface area (Å²) < 4.78 is 18.3. The third-order valence-corrected chi connectivity index (χ3v) is 3.54. The zero-order valence-corrected chi connectivity index (χ0v) is 12.7. The number of Topliss-reactive ketones (excluding diaryl/α,β-unsaturated/α-hetero) is 1. The highest BCUT2D eigenvalue weighted by Gasteiger charge is 2.21. The number of carbonyl (C=O) groups is 2. The lowest BCUT2D eigenvalue weighted by Gasteiger charge is -2.19. The van der Waals surface area contributed by atoms with E-state index in [0.717, 1.165) is 6.42 Å². The van der Waals surface area contributed by atoms with Crippen LogP contribution in [0.25, 0.3) is 0 Å². The van der Waals surface area contributed by atoms with E-state index in [4.69, 9.17) is 0 Å². The monoisotopic (exact) mass is 295 g/mol. The lowest BCUT2D eigenvalue weighted by atomic mass is 9.94. The van der Waals surface area contributed by atoms with Crippen molar-refractivity contribution in [2.75, 3.05) is 7.11 Å². The van der Waals surface area contributed by atoms with Crippen LogP contribution in [-0.2, 0) is 16.0 Å². The molecule has 0 aliphatic rings. The smallest absolute Gasteiger partial charge is 0.407 e. The zero-order chi connectivity index (χ0) is 15.8. The molecular formula is C16H22FNO3. The standard InChI is InChI=1S/C16H22FNO3/c1-4-11(2)15(19)10-13(18-16(20)21-3)9-12-7-5-6-8-14(12)17/h5-8,11,13H,4,9-10H2,1-3H3,(H,18,20)/t11?,13-/m1/s1. The molecule has 5 heteroatoms. The van der Waals surface area contributed by atoms with Crippen molar-refractivity contribution >= 4 is 11.9 Å². The third kappa shape index (κ3) is 5.53. The van der Waals surface area contributed by atoms with Crippen LogP contribution in [0.15, 0.2) is 24.3 Å². The molecule has 21 heavy (non-hydrogen) atoms. The molecule has 4 nitrogen and oxygen atoms in total. The van der Waals surface area contributed by atoms with Crippen LogP contribution in [0, 0.1) is 11.7 Å². The minimum absolute atomic E-state index is 0.0512. The molecule has 0 saturated carbocycles. The lowest BCUT2D eigenvalue weighted by molar-refractivity contribution is -0.122. The molecule has 1 aromatic carbocycles. The Morgan fingerprint density at radius 3 is 2.57 bits per heavy atom. The molecule has 1 N–H and O–H groups in total. The second-order valence-corrected chi connectivity index (χ2v) is 5.11. The number of benzene rings is 1. The maximum absolute atomic E-state index is 13.7. The SMILES string of the molecule is CCC(C)C(=O)C[C@@H](Cc1ccccc1F)NC(=O)OC. The number of rotatable bonds is 7. The summed E-state index contributed by atoms with van der Waals surface area (Å²) in [4.78, 5) is 23.4. The van der Waals surface area contributed by atoms with Crippen molar-refractivity contribution in [2.24, 2.45) is 5.92 Å². The normalized spacial score (nSPS) is 13.3. The van der Waals surface area contributed by atoms with E-state index in [2.05, 4.69) is 10.1 Å². The molecule has 0 aromatic heterocycles. The van der Waals surface area contributed by atoms with E-state index < -0.39 is 12.1 Å². The highest BCUT2D eigenvalue weighted by molar-refractivity contribution is 5.81. The van der Waals surface area contributed by atoms with Gasteiger partial charge in [-0.25, -0.2) is 9.18 Å². The third-order valence-electron chi connectivity index (χ3n) is 3.54. The molecule has 0 spiro atoms. The Labute approximate surface area is 124 Å². The van der Waals surface area contributed by atoms with E-state index in [1.165, 1.54) is 13.2 Å². The summed E-state index contributed by atoms with van der Waals surface area (Å²) in [5.41, 5.74) is 0.468.